The number of hydrogen-bond acceptors (Lipinski definition) is 3. The molecule has 4 nitrogen and oxygen atoms in total. The third kappa shape index (κ3) is 2.12. The minimum atomic E-state index is -0.832. The number of carboxylic acid groups (broad SMARTS) is 1. The monoisotopic (exact) mass is 269 g/mol. The van der Waals surface area contributed by atoms with Crippen LogP contribution in [-0.2, 0) is 4.79 Å². The topological polar surface area (TPSA) is 49.8 Å². The van der Waals surface area contributed by atoms with E-state index >= 15 is 0 Å². The minimum absolute atomic E-state index is 0.413. The van der Waals surface area contributed by atoms with Gasteiger partial charge in [-0.3, -0.25) is 4.79 Å². The Morgan fingerprint density at radius 3 is 2.89 bits per heavy atom. The van der Waals surface area contributed by atoms with E-state index < -0.39 is 11.9 Å². The van der Waals surface area contributed by atoms with Crippen molar-refractivity contribution in [1.29, 1.82) is 0 Å². The van der Waals surface area contributed by atoms with Crippen LogP contribution in [0.5, 0.6) is 5.75 Å². The first-order valence-corrected chi connectivity index (χ1v) is 6.24. The molecule has 0 aliphatic carbocycles. The Labute approximate surface area is 111 Å². The van der Waals surface area contributed by atoms with Crippen molar-refractivity contribution < 1.29 is 14.6 Å². The van der Waals surface area contributed by atoms with E-state index in [1.807, 2.05) is 18.0 Å². The van der Waals surface area contributed by atoms with E-state index in [1.54, 1.807) is 6.07 Å². The van der Waals surface area contributed by atoms with Gasteiger partial charge in [-0.05, 0) is 25.0 Å². The maximum Gasteiger partial charge on any atom is 0.311 e. The van der Waals surface area contributed by atoms with Crippen LogP contribution >= 0.6 is 11.6 Å². The summed E-state index contributed by atoms with van der Waals surface area (Å²) in [6.07, 6.45) is 1.43. The smallest absolute Gasteiger partial charge is 0.311 e. The summed E-state index contributed by atoms with van der Waals surface area (Å²) in [6, 6.07) is 3.66. The van der Waals surface area contributed by atoms with Gasteiger partial charge in [-0.1, -0.05) is 11.6 Å². The lowest BCUT2D eigenvalue weighted by Crippen LogP contribution is -2.18. The average molecular weight is 270 g/mol. The molecule has 0 bridgehead atoms. The number of carboxylic acids is 1. The highest BCUT2D eigenvalue weighted by Crippen LogP contribution is 2.43. The molecule has 0 spiro atoms. The number of fused-ring (bicyclic) bond motifs is 1. The molecule has 0 fully saturated rings. The quantitative estimate of drug-likeness (QED) is 0.897. The summed E-state index contributed by atoms with van der Waals surface area (Å²) in [4.78, 5) is 13.5. The van der Waals surface area contributed by atoms with Crippen LogP contribution < -0.4 is 9.64 Å². The van der Waals surface area contributed by atoms with Gasteiger partial charge in [0.15, 0.2) is 0 Å². The zero-order chi connectivity index (χ0) is 13.3. The summed E-state index contributed by atoms with van der Waals surface area (Å²) in [5.74, 6) is -0.869. The molecule has 5 heteroatoms. The second-order valence-electron chi connectivity index (χ2n) is 4.47. The van der Waals surface area contributed by atoms with Gasteiger partial charge in [-0.25, -0.2) is 0 Å². The molecular formula is C13H16ClNO3. The van der Waals surface area contributed by atoms with Crippen molar-refractivity contribution >= 4 is 23.3 Å². The molecule has 2 rings (SSSR count). The predicted molar refractivity (Wildman–Crippen MR) is 70.9 cm³/mol. The van der Waals surface area contributed by atoms with E-state index in [9.17, 15) is 9.90 Å². The lowest BCUT2D eigenvalue weighted by atomic mass is 9.94. The zero-order valence-electron chi connectivity index (χ0n) is 10.4. The largest absolute Gasteiger partial charge is 0.495 e. The lowest BCUT2D eigenvalue weighted by Gasteiger charge is -2.22. The fourth-order valence-electron chi connectivity index (χ4n) is 2.43. The number of ether oxygens (including phenoxy) is 1. The molecule has 1 unspecified atom stereocenters. The Kier molecular flexibility index (Phi) is 3.66. The number of methoxy groups -OCH3 is 1. The van der Waals surface area contributed by atoms with Crippen LogP contribution in [0, 0.1) is 0 Å². The van der Waals surface area contributed by atoms with Gasteiger partial charge >= 0.3 is 5.97 Å². The van der Waals surface area contributed by atoms with Gasteiger partial charge in [0.1, 0.15) is 5.75 Å². The van der Waals surface area contributed by atoms with Crippen LogP contribution in [0.25, 0.3) is 0 Å². The fraction of sp³-hybridized carbons (Fsp3) is 0.462. The first-order valence-electron chi connectivity index (χ1n) is 5.86. The Bertz CT molecular complexity index is 476. The molecular weight excluding hydrogens is 254 g/mol. The van der Waals surface area contributed by atoms with Crippen molar-refractivity contribution in [2.75, 3.05) is 25.6 Å². The predicted octanol–water partition coefficient (Wildman–Crippen LogP) is 2.75. The highest BCUT2D eigenvalue weighted by atomic mass is 35.5. The van der Waals surface area contributed by atoms with Gasteiger partial charge in [0.2, 0.25) is 0 Å². The number of carbonyl (C=O) groups is 1. The summed E-state index contributed by atoms with van der Waals surface area (Å²) < 4.78 is 5.17. The summed E-state index contributed by atoms with van der Waals surface area (Å²) in [5.41, 5.74) is 1.55. The van der Waals surface area contributed by atoms with E-state index in [0.717, 1.165) is 18.7 Å². The van der Waals surface area contributed by atoms with E-state index in [2.05, 4.69) is 0 Å². The van der Waals surface area contributed by atoms with Crippen LogP contribution in [0.4, 0.5) is 5.69 Å². The van der Waals surface area contributed by atoms with Gasteiger partial charge in [-0.2, -0.15) is 0 Å². The fourth-order valence-corrected chi connectivity index (χ4v) is 2.80. The van der Waals surface area contributed by atoms with Gasteiger partial charge in [0.05, 0.1) is 18.1 Å². The zero-order valence-corrected chi connectivity index (χ0v) is 11.2. The minimum Gasteiger partial charge on any atom is -0.495 e. The van der Waals surface area contributed by atoms with Crippen molar-refractivity contribution in [3.63, 3.8) is 0 Å². The lowest BCUT2D eigenvalue weighted by molar-refractivity contribution is -0.138. The molecule has 1 N–H and O–H groups in total. The first-order chi connectivity index (χ1) is 8.56. The van der Waals surface area contributed by atoms with Crippen LogP contribution in [0.15, 0.2) is 12.1 Å². The molecule has 0 amide bonds. The molecule has 1 aliphatic heterocycles. The summed E-state index contributed by atoms with van der Waals surface area (Å²) in [6.45, 7) is 0.833. The summed E-state index contributed by atoms with van der Waals surface area (Å²) in [5, 5.41) is 9.78. The molecule has 1 heterocycles. The number of anilines is 1. The number of rotatable bonds is 2. The summed E-state index contributed by atoms with van der Waals surface area (Å²) in [7, 11) is 3.48. The molecule has 0 saturated heterocycles. The molecule has 0 aromatic heterocycles. The number of benzene rings is 1. The van der Waals surface area contributed by atoms with Crippen LogP contribution in [0.3, 0.4) is 0 Å². The number of hydrogen-bond donors (Lipinski definition) is 1. The van der Waals surface area contributed by atoms with E-state index in [1.165, 1.54) is 7.11 Å². The Hall–Kier alpha value is -1.42. The molecule has 1 aromatic rings. The maximum absolute atomic E-state index is 11.4. The number of nitrogens with zero attached hydrogens (tertiary/aromatic N) is 1. The highest BCUT2D eigenvalue weighted by Gasteiger charge is 2.30. The van der Waals surface area contributed by atoms with Crippen LogP contribution in [-0.4, -0.2) is 31.8 Å². The third-order valence-corrected chi connectivity index (χ3v) is 3.78. The summed E-state index contributed by atoms with van der Waals surface area (Å²) >= 11 is 6.29. The maximum atomic E-state index is 11.4. The van der Waals surface area contributed by atoms with E-state index in [-0.39, 0.29) is 0 Å². The third-order valence-electron chi connectivity index (χ3n) is 3.39. The molecule has 1 atom stereocenters. The molecule has 0 radical (unpaired) electrons. The Morgan fingerprint density at radius 1 is 1.56 bits per heavy atom. The Morgan fingerprint density at radius 2 is 2.28 bits per heavy atom. The second kappa shape index (κ2) is 5.06. The standard InChI is InChI=1S/C13H16ClNO3/c1-15-7-3-4-8(13(16)17)11-9(15)5-6-10(18-2)12(11)14/h5-6,8H,3-4,7H2,1-2H3,(H,16,17). The molecule has 98 valence electrons. The molecule has 1 aliphatic rings. The molecule has 0 saturated carbocycles. The van der Waals surface area contributed by atoms with Gasteiger partial charge in [-0.15, -0.1) is 0 Å². The number of aliphatic carboxylic acids is 1. The van der Waals surface area contributed by atoms with Gasteiger partial charge in [0.25, 0.3) is 0 Å². The van der Waals surface area contributed by atoms with Crippen molar-refractivity contribution in [1.82, 2.24) is 0 Å². The van der Waals surface area contributed by atoms with Crippen LogP contribution in [0.1, 0.15) is 24.3 Å². The Balaban J connectivity index is 2.63. The van der Waals surface area contributed by atoms with Gasteiger partial charge in [0, 0.05) is 24.8 Å². The average Bonchev–Trinajstić information content (AvgIpc) is 2.50. The van der Waals surface area contributed by atoms with Crippen molar-refractivity contribution in [3.05, 3.63) is 22.7 Å². The first kappa shape index (κ1) is 13.0. The normalized spacial score (nSPS) is 19.1. The molecule has 18 heavy (non-hydrogen) atoms. The highest BCUT2D eigenvalue weighted by molar-refractivity contribution is 6.33. The SMILES string of the molecule is COc1ccc2c(c1Cl)C(C(=O)O)CCCN2C. The van der Waals surface area contributed by atoms with Crippen molar-refractivity contribution in [3.8, 4) is 5.75 Å². The van der Waals surface area contributed by atoms with Crippen molar-refractivity contribution in [2.45, 2.75) is 18.8 Å². The van der Waals surface area contributed by atoms with E-state index in [4.69, 9.17) is 16.3 Å². The van der Waals surface area contributed by atoms with E-state index in [0.29, 0.717) is 22.8 Å². The van der Waals surface area contributed by atoms with Crippen molar-refractivity contribution in [2.24, 2.45) is 0 Å². The molecule has 1 aromatic carbocycles. The number of halogens is 1. The van der Waals surface area contributed by atoms with Crippen LogP contribution in [0.2, 0.25) is 5.02 Å². The second-order valence-corrected chi connectivity index (χ2v) is 4.85. The van der Waals surface area contributed by atoms with Gasteiger partial charge < -0.3 is 14.7 Å².